The molecule has 3 nitrogen and oxygen atoms in total. The first-order valence-electron chi connectivity index (χ1n) is 8.47. The first-order chi connectivity index (χ1) is 10.5. The van der Waals surface area contributed by atoms with Gasteiger partial charge in [-0.2, -0.15) is 0 Å². The van der Waals surface area contributed by atoms with Crippen LogP contribution in [0.3, 0.4) is 0 Å². The van der Waals surface area contributed by atoms with Crippen LogP contribution in [0, 0.1) is 0 Å². The smallest absolute Gasteiger partial charge is 0.313 e. The average molecular weight is 306 g/mol. The molecule has 0 aliphatic heterocycles. The van der Waals surface area contributed by atoms with Crippen molar-refractivity contribution < 1.29 is 15.0 Å². The molecule has 1 aromatic carbocycles. The number of rotatable bonds is 11. The number of carboxylic acids is 1. The second kappa shape index (κ2) is 9.62. The van der Waals surface area contributed by atoms with E-state index in [1.165, 1.54) is 0 Å². The zero-order valence-corrected chi connectivity index (χ0v) is 13.9. The fraction of sp³-hybridized carbons (Fsp3) is 0.632. The van der Waals surface area contributed by atoms with Crippen LogP contribution in [0.2, 0.25) is 0 Å². The number of unbranched alkanes of at least 4 members (excludes halogenated alkanes) is 3. The van der Waals surface area contributed by atoms with Gasteiger partial charge in [-0.25, -0.2) is 0 Å². The molecule has 0 aromatic heterocycles. The van der Waals surface area contributed by atoms with Gasteiger partial charge in [0.05, 0.1) is 11.5 Å². The number of carbonyl (C=O) groups is 1. The molecular formula is C19H30O3. The van der Waals surface area contributed by atoms with E-state index in [4.69, 9.17) is 0 Å². The summed E-state index contributed by atoms with van der Waals surface area (Å²) in [5.74, 6) is -0.762. The molecule has 124 valence electrons. The van der Waals surface area contributed by atoms with E-state index in [0.29, 0.717) is 6.42 Å². The second-order valence-electron chi connectivity index (χ2n) is 6.40. The van der Waals surface area contributed by atoms with Crippen LogP contribution in [0.1, 0.15) is 70.8 Å². The van der Waals surface area contributed by atoms with E-state index < -0.39 is 11.4 Å². The van der Waals surface area contributed by atoms with Gasteiger partial charge in [0.2, 0.25) is 0 Å². The minimum Gasteiger partial charge on any atom is -0.481 e. The maximum atomic E-state index is 11.7. The zero-order valence-electron chi connectivity index (χ0n) is 13.9. The van der Waals surface area contributed by atoms with E-state index in [1.807, 2.05) is 30.3 Å². The summed E-state index contributed by atoms with van der Waals surface area (Å²) in [5.41, 5.74) is 0.0488. The highest BCUT2D eigenvalue weighted by molar-refractivity contribution is 5.80. The molecule has 0 bridgehead atoms. The van der Waals surface area contributed by atoms with E-state index in [2.05, 4.69) is 6.92 Å². The maximum absolute atomic E-state index is 11.7. The lowest BCUT2D eigenvalue weighted by Crippen LogP contribution is -2.32. The fourth-order valence-corrected chi connectivity index (χ4v) is 2.80. The Bertz CT molecular complexity index is 430. The van der Waals surface area contributed by atoms with Gasteiger partial charge in [0, 0.05) is 0 Å². The summed E-state index contributed by atoms with van der Waals surface area (Å²) in [5, 5.41) is 19.4. The predicted molar refractivity (Wildman–Crippen MR) is 90.0 cm³/mol. The van der Waals surface area contributed by atoms with Crippen molar-refractivity contribution in [2.24, 2.45) is 0 Å². The molecule has 0 aliphatic carbocycles. The number of aliphatic hydroxyl groups excluding tert-OH is 1. The summed E-state index contributed by atoms with van der Waals surface area (Å²) < 4.78 is 0. The third kappa shape index (κ3) is 5.80. The summed E-state index contributed by atoms with van der Waals surface area (Å²) >= 11 is 0. The number of aliphatic hydroxyl groups is 1. The fourth-order valence-electron chi connectivity index (χ4n) is 2.80. The van der Waals surface area contributed by atoms with Crippen molar-refractivity contribution in [3.63, 3.8) is 0 Å². The molecule has 1 aromatic rings. The van der Waals surface area contributed by atoms with Crippen molar-refractivity contribution in [3.05, 3.63) is 35.9 Å². The van der Waals surface area contributed by atoms with Crippen LogP contribution < -0.4 is 0 Å². The van der Waals surface area contributed by atoms with E-state index in [1.54, 1.807) is 6.92 Å². The third-order valence-corrected chi connectivity index (χ3v) is 4.49. The van der Waals surface area contributed by atoms with Gasteiger partial charge >= 0.3 is 5.97 Å². The molecule has 0 radical (unpaired) electrons. The third-order valence-electron chi connectivity index (χ3n) is 4.49. The monoisotopic (exact) mass is 306 g/mol. The van der Waals surface area contributed by atoms with Crippen molar-refractivity contribution in [2.75, 3.05) is 0 Å². The topological polar surface area (TPSA) is 57.5 Å². The summed E-state index contributed by atoms with van der Waals surface area (Å²) in [6.45, 7) is 3.93. The molecule has 2 atom stereocenters. The molecule has 0 heterocycles. The van der Waals surface area contributed by atoms with Crippen molar-refractivity contribution >= 4 is 5.97 Å². The highest BCUT2D eigenvalue weighted by Crippen LogP contribution is 2.30. The predicted octanol–water partition coefficient (Wildman–Crippen LogP) is 4.53. The Balaban J connectivity index is 2.39. The first-order valence-corrected chi connectivity index (χ1v) is 8.47. The van der Waals surface area contributed by atoms with E-state index in [0.717, 1.165) is 50.5 Å². The summed E-state index contributed by atoms with van der Waals surface area (Å²) in [6.07, 6.45) is 7.16. The largest absolute Gasteiger partial charge is 0.481 e. The molecule has 2 unspecified atom stereocenters. The van der Waals surface area contributed by atoms with E-state index in [9.17, 15) is 15.0 Å². The minimum absolute atomic E-state index is 0.195. The Labute approximate surface area is 134 Å². The lowest BCUT2D eigenvalue weighted by molar-refractivity contribution is -0.143. The van der Waals surface area contributed by atoms with Gasteiger partial charge in [0.1, 0.15) is 0 Å². The average Bonchev–Trinajstić information content (AvgIpc) is 2.53. The van der Waals surface area contributed by atoms with Crippen molar-refractivity contribution in [1.29, 1.82) is 0 Å². The van der Waals surface area contributed by atoms with Crippen LogP contribution in [-0.4, -0.2) is 22.3 Å². The highest BCUT2D eigenvalue weighted by Gasteiger charge is 2.34. The number of carboxylic acid groups (broad SMARTS) is 1. The summed E-state index contributed by atoms with van der Waals surface area (Å²) in [4.78, 5) is 11.7. The highest BCUT2D eigenvalue weighted by atomic mass is 16.4. The maximum Gasteiger partial charge on any atom is 0.313 e. The van der Waals surface area contributed by atoms with Crippen LogP contribution in [0.25, 0.3) is 0 Å². The van der Waals surface area contributed by atoms with Gasteiger partial charge in [0.15, 0.2) is 0 Å². The normalized spacial score (nSPS) is 15.2. The molecule has 0 spiro atoms. The molecule has 22 heavy (non-hydrogen) atoms. The van der Waals surface area contributed by atoms with E-state index >= 15 is 0 Å². The first kappa shape index (κ1) is 18.7. The van der Waals surface area contributed by atoms with Crippen molar-refractivity contribution in [3.8, 4) is 0 Å². The molecule has 1 rings (SSSR count). The molecule has 0 aliphatic rings. The van der Waals surface area contributed by atoms with Gasteiger partial charge < -0.3 is 10.2 Å². The lowest BCUT2D eigenvalue weighted by atomic mass is 9.78. The van der Waals surface area contributed by atoms with Gasteiger partial charge in [-0.15, -0.1) is 0 Å². The Kier molecular flexibility index (Phi) is 8.18. The Hall–Kier alpha value is -1.35. The Morgan fingerprint density at radius 3 is 2.32 bits per heavy atom. The van der Waals surface area contributed by atoms with Gasteiger partial charge in [0.25, 0.3) is 0 Å². The van der Waals surface area contributed by atoms with Crippen molar-refractivity contribution in [1.82, 2.24) is 0 Å². The summed E-state index contributed by atoms with van der Waals surface area (Å²) in [6, 6.07) is 9.47. The van der Waals surface area contributed by atoms with Crippen LogP contribution >= 0.6 is 0 Å². The van der Waals surface area contributed by atoms with Crippen LogP contribution in [0.15, 0.2) is 30.3 Å². The molecule has 2 N–H and O–H groups in total. The Morgan fingerprint density at radius 2 is 1.73 bits per heavy atom. The Morgan fingerprint density at radius 1 is 1.09 bits per heavy atom. The molecule has 0 saturated heterocycles. The number of benzene rings is 1. The van der Waals surface area contributed by atoms with Crippen LogP contribution in [-0.2, 0) is 10.2 Å². The molecule has 0 fully saturated rings. The number of hydrogen-bond acceptors (Lipinski definition) is 2. The van der Waals surface area contributed by atoms with Gasteiger partial charge in [-0.05, 0) is 31.7 Å². The van der Waals surface area contributed by atoms with Gasteiger partial charge in [-0.1, -0.05) is 69.4 Å². The van der Waals surface area contributed by atoms with Crippen molar-refractivity contribution in [2.45, 2.75) is 76.7 Å². The molecule has 0 amide bonds. The standard InChI is InChI=1S/C19H30O3/c1-3-4-13-17(20)14-9-6-10-15-19(2,18(21)22)16-11-7-5-8-12-16/h5,7-8,11-12,17,20H,3-4,6,9-10,13-15H2,1-2H3,(H,21,22). The quantitative estimate of drug-likeness (QED) is 0.590. The van der Waals surface area contributed by atoms with Crippen LogP contribution in [0.5, 0.6) is 0 Å². The SMILES string of the molecule is CCCCC(O)CCCCCC(C)(C(=O)O)c1ccccc1. The van der Waals surface area contributed by atoms with Gasteiger partial charge in [-0.3, -0.25) is 4.79 Å². The van der Waals surface area contributed by atoms with E-state index in [-0.39, 0.29) is 6.10 Å². The van der Waals surface area contributed by atoms with Crippen LogP contribution in [0.4, 0.5) is 0 Å². The summed E-state index contributed by atoms with van der Waals surface area (Å²) in [7, 11) is 0. The molecular weight excluding hydrogens is 276 g/mol. The molecule has 0 saturated carbocycles. The zero-order chi connectivity index (χ0) is 16.4. The second-order valence-corrected chi connectivity index (χ2v) is 6.40. The lowest BCUT2D eigenvalue weighted by Gasteiger charge is -2.25. The number of aliphatic carboxylic acids is 1. The molecule has 3 heteroatoms. The number of hydrogen-bond donors (Lipinski definition) is 2. The minimum atomic E-state index is -0.817.